The smallest absolute Gasteiger partial charge is 0.123 e. The number of benzene rings is 1. The van der Waals surface area contributed by atoms with E-state index in [1.165, 1.54) is 27.5 Å². The first kappa shape index (κ1) is 12.3. The van der Waals surface area contributed by atoms with Crippen LogP contribution in [0.25, 0.3) is 10.4 Å². The lowest BCUT2D eigenvalue weighted by Crippen LogP contribution is -1.97. The van der Waals surface area contributed by atoms with Crippen LogP contribution >= 0.6 is 11.3 Å². The molecule has 0 N–H and O–H groups in total. The number of thiophene rings is 1. The molecule has 1 aromatic heterocycles. The fraction of sp³-hybridized carbons (Fsp3) is 0.188. The standard InChI is InChI=1S/C16H14FNS/c1-11-10-15(12-2-4-14(17)5-3-12)19-16(11)13-6-8-18-9-7-13/h2-6,8-10,13H,7H2,1H3. The van der Waals surface area contributed by atoms with Gasteiger partial charge in [-0.15, -0.1) is 11.3 Å². The monoisotopic (exact) mass is 271 g/mol. The van der Waals surface area contributed by atoms with Gasteiger partial charge in [0.2, 0.25) is 0 Å². The van der Waals surface area contributed by atoms with Crippen LogP contribution in [-0.2, 0) is 0 Å². The van der Waals surface area contributed by atoms with E-state index in [9.17, 15) is 4.39 Å². The third-order valence-corrected chi connectivity index (χ3v) is 4.71. The molecule has 0 aliphatic carbocycles. The number of aliphatic imine (C=N–C) groups is 1. The van der Waals surface area contributed by atoms with Crippen LogP contribution in [0.5, 0.6) is 0 Å². The Balaban J connectivity index is 1.95. The van der Waals surface area contributed by atoms with Crippen molar-refractivity contribution >= 4 is 17.6 Å². The van der Waals surface area contributed by atoms with E-state index < -0.39 is 0 Å². The van der Waals surface area contributed by atoms with E-state index in [2.05, 4.69) is 24.1 Å². The van der Waals surface area contributed by atoms with Gasteiger partial charge in [-0.2, -0.15) is 0 Å². The highest BCUT2D eigenvalue weighted by molar-refractivity contribution is 7.15. The SMILES string of the molecule is Cc1cc(-c2ccc(F)cc2)sc1C1C=CN=CC1. The molecule has 1 nitrogen and oxygen atoms in total. The van der Waals surface area contributed by atoms with Crippen LogP contribution in [0.1, 0.15) is 22.8 Å². The molecule has 0 fully saturated rings. The fourth-order valence-corrected chi connectivity index (χ4v) is 3.56. The van der Waals surface area contributed by atoms with Crippen molar-refractivity contribution in [1.82, 2.24) is 0 Å². The summed E-state index contributed by atoms with van der Waals surface area (Å²) >= 11 is 1.79. The van der Waals surface area contributed by atoms with E-state index in [0.717, 1.165) is 12.0 Å². The fourth-order valence-electron chi connectivity index (χ4n) is 2.28. The van der Waals surface area contributed by atoms with Gasteiger partial charge in [-0.3, -0.25) is 4.99 Å². The van der Waals surface area contributed by atoms with Crippen molar-refractivity contribution in [3.8, 4) is 10.4 Å². The second-order valence-corrected chi connectivity index (χ2v) is 5.76. The Morgan fingerprint density at radius 3 is 2.74 bits per heavy atom. The zero-order chi connectivity index (χ0) is 13.2. The number of hydrogen-bond acceptors (Lipinski definition) is 2. The van der Waals surface area contributed by atoms with Crippen molar-refractivity contribution in [2.75, 3.05) is 0 Å². The van der Waals surface area contributed by atoms with Gasteiger partial charge < -0.3 is 0 Å². The molecule has 3 heteroatoms. The summed E-state index contributed by atoms with van der Waals surface area (Å²) in [4.78, 5) is 6.69. The Labute approximate surface area is 116 Å². The number of nitrogens with zero attached hydrogens (tertiary/aromatic N) is 1. The zero-order valence-electron chi connectivity index (χ0n) is 10.6. The summed E-state index contributed by atoms with van der Waals surface area (Å²) in [6.45, 7) is 2.14. The Morgan fingerprint density at radius 2 is 2.05 bits per heavy atom. The van der Waals surface area contributed by atoms with E-state index in [1.807, 2.05) is 24.5 Å². The van der Waals surface area contributed by atoms with E-state index in [0.29, 0.717) is 5.92 Å². The van der Waals surface area contributed by atoms with Gasteiger partial charge in [0.15, 0.2) is 0 Å². The maximum atomic E-state index is 13.0. The van der Waals surface area contributed by atoms with Gasteiger partial charge in [0.25, 0.3) is 0 Å². The van der Waals surface area contributed by atoms with Crippen LogP contribution < -0.4 is 0 Å². The second-order valence-electron chi connectivity index (χ2n) is 4.68. The Hall–Kier alpha value is -1.74. The van der Waals surface area contributed by atoms with Gasteiger partial charge in [0.05, 0.1) is 0 Å². The van der Waals surface area contributed by atoms with E-state index in [-0.39, 0.29) is 5.82 Å². The average Bonchev–Trinajstić information content (AvgIpc) is 2.83. The minimum Gasteiger partial charge on any atom is -0.269 e. The average molecular weight is 271 g/mol. The summed E-state index contributed by atoms with van der Waals surface area (Å²) in [7, 11) is 0. The molecule has 0 amide bonds. The first-order valence-corrected chi connectivity index (χ1v) is 7.10. The van der Waals surface area contributed by atoms with Crippen molar-refractivity contribution in [2.24, 2.45) is 4.99 Å². The normalized spacial score (nSPS) is 17.9. The van der Waals surface area contributed by atoms with Crippen LogP contribution in [0.4, 0.5) is 4.39 Å². The lowest BCUT2D eigenvalue weighted by atomic mass is 10.00. The molecular formula is C16H14FNS. The molecule has 1 aliphatic heterocycles. The third-order valence-electron chi connectivity index (χ3n) is 3.29. The van der Waals surface area contributed by atoms with Gasteiger partial charge in [0, 0.05) is 28.1 Å². The Kier molecular flexibility index (Phi) is 3.30. The lowest BCUT2D eigenvalue weighted by molar-refractivity contribution is 0.628. The number of rotatable bonds is 2. The van der Waals surface area contributed by atoms with Gasteiger partial charge in [-0.25, -0.2) is 4.39 Å². The van der Waals surface area contributed by atoms with Crippen molar-refractivity contribution in [2.45, 2.75) is 19.3 Å². The number of allylic oxidation sites excluding steroid dienone is 1. The Morgan fingerprint density at radius 1 is 1.26 bits per heavy atom. The molecule has 3 rings (SSSR count). The molecule has 1 unspecified atom stereocenters. The summed E-state index contributed by atoms with van der Waals surface area (Å²) in [6, 6.07) is 8.88. The molecule has 2 heterocycles. The summed E-state index contributed by atoms with van der Waals surface area (Å²) in [5.41, 5.74) is 2.38. The first-order valence-electron chi connectivity index (χ1n) is 6.28. The van der Waals surface area contributed by atoms with E-state index in [1.54, 1.807) is 11.3 Å². The molecule has 0 saturated carbocycles. The first-order chi connectivity index (χ1) is 9.24. The molecule has 0 spiro atoms. The molecule has 96 valence electrons. The number of hydrogen-bond donors (Lipinski definition) is 0. The quantitative estimate of drug-likeness (QED) is 0.734. The molecule has 1 aromatic carbocycles. The largest absolute Gasteiger partial charge is 0.269 e. The van der Waals surface area contributed by atoms with Crippen molar-refractivity contribution in [3.05, 3.63) is 58.9 Å². The third kappa shape index (κ3) is 2.51. The number of halogens is 1. The van der Waals surface area contributed by atoms with E-state index >= 15 is 0 Å². The van der Waals surface area contributed by atoms with Crippen molar-refractivity contribution in [1.29, 1.82) is 0 Å². The summed E-state index contributed by atoms with van der Waals surface area (Å²) in [5.74, 6) is 0.236. The number of aryl methyl sites for hydroxylation is 1. The molecule has 0 saturated heterocycles. The molecule has 1 aliphatic rings. The highest BCUT2D eigenvalue weighted by atomic mass is 32.1. The summed E-state index contributed by atoms with van der Waals surface area (Å²) < 4.78 is 13.0. The molecule has 0 bridgehead atoms. The highest BCUT2D eigenvalue weighted by Gasteiger charge is 2.16. The van der Waals surface area contributed by atoms with Crippen molar-refractivity contribution in [3.63, 3.8) is 0 Å². The minimum absolute atomic E-state index is 0.191. The maximum absolute atomic E-state index is 13.0. The zero-order valence-corrected chi connectivity index (χ0v) is 11.5. The van der Waals surface area contributed by atoms with E-state index in [4.69, 9.17) is 0 Å². The molecule has 0 radical (unpaired) electrons. The van der Waals surface area contributed by atoms with Gasteiger partial charge >= 0.3 is 0 Å². The van der Waals surface area contributed by atoms with Crippen LogP contribution in [0.2, 0.25) is 0 Å². The predicted octanol–water partition coefficient (Wildman–Crippen LogP) is 4.93. The summed E-state index contributed by atoms with van der Waals surface area (Å²) in [5, 5.41) is 0. The van der Waals surface area contributed by atoms with Gasteiger partial charge in [-0.1, -0.05) is 18.2 Å². The summed E-state index contributed by atoms with van der Waals surface area (Å²) in [6.07, 6.45) is 6.93. The van der Waals surface area contributed by atoms with Gasteiger partial charge in [-0.05, 0) is 42.7 Å². The minimum atomic E-state index is -0.191. The van der Waals surface area contributed by atoms with Crippen LogP contribution in [0.3, 0.4) is 0 Å². The molecule has 19 heavy (non-hydrogen) atoms. The van der Waals surface area contributed by atoms with Crippen LogP contribution in [0, 0.1) is 12.7 Å². The molecule has 2 aromatic rings. The van der Waals surface area contributed by atoms with Crippen LogP contribution in [-0.4, -0.2) is 6.21 Å². The maximum Gasteiger partial charge on any atom is 0.123 e. The van der Waals surface area contributed by atoms with Gasteiger partial charge in [0.1, 0.15) is 5.82 Å². The second kappa shape index (κ2) is 5.10. The molecular weight excluding hydrogens is 257 g/mol. The topological polar surface area (TPSA) is 12.4 Å². The Bertz CT molecular complexity index is 637. The highest BCUT2D eigenvalue weighted by Crippen LogP contribution is 2.37. The molecule has 1 atom stereocenters. The predicted molar refractivity (Wildman–Crippen MR) is 79.4 cm³/mol. The van der Waals surface area contributed by atoms with Crippen LogP contribution in [0.15, 0.2) is 47.6 Å². The van der Waals surface area contributed by atoms with Crippen molar-refractivity contribution < 1.29 is 4.39 Å². The lowest BCUT2D eigenvalue weighted by Gasteiger charge is -2.11.